The normalized spacial score (nSPS) is 22.0. The molecule has 3 aromatic carbocycles. The molecule has 33 heavy (non-hydrogen) atoms. The Kier molecular flexibility index (Phi) is 5.48. The zero-order chi connectivity index (χ0) is 22.9. The van der Waals surface area contributed by atoms with Crippen molar-refractivity contribution in [3.05, 3.63) is 84.4 Å². The molecule has 3 aromatic rings. The predicted molar refractivity (Wildman–Crippen MR) is 123 cm³/mol. The minimum absolute atomic E-state index is 0.126. The summed E-state index contributed by atoms with van der Waals surface area (Å²) < 4.78 is 5.61. The average molecular weight is 444 g/mol. The highest BCUT2D eigenvalue weighted by Crippen LogP contribution is 2.47. The van der Waals surface area contributed by atoms with E-state index < -0.39 is 24.0 Å². The number of rotatable bonds is 6. The first-order valence-corrected chi connectivity index (χ1v) is 11.0. The molecule has 2 aliphatic heterocycles. The van der Waals surface area contributed by atoms with Gasteiger partial charge in [0.2, 0.25) is 5.91 Å². The largest absolute Gasteiger partial charge is 0.508 e. The van der Waals surface area contributed by atoms with Gasteiger partial charge >= 0.3 is 0 Å². The molecule has 0 spiro atoms. The number of hydroxylamine groups is 1. The molecule has 2 amide bonds. The molecule has 0 radical (unpaired) electrons. The Balaban J connectivity index is 1.49. The molecule has 0 aliphatic carbocycles. The number of phenols is 1. The van der Waals surface area contributed by atoms with E-state index in [0.717, 1.165) is 17.7 Å². The third-order valence-corrected chi connectivity index (χ3v) is 5.93. The molecular weight excluding hydrogens is 420 g/mol. The molecule has 2 fully saturated rings. The minimum atomic E-state index is -0.937. The molecule has 2 saturated heterocycles. The number of ether oxygens (including phenoxy) is 1. The summed E-state index contributed by atoms with van der Waals surface area (Å²) in [4.78, 5) is 34.3. The fourth-order valence-corrected chi connectivity index (χ4v) is 4.39. The third-order valence-electron chi connectivity index (χ3n) is 5.93. The van der Waals surface area contributed by atoms with Crippen molar-refractivity contribution in [2.75, 3.05) is 16.6 Å². The van der Waals surface area contributed by atoms with Crippen molar-refractivity contribution in [3.63, 3.8) is 0 Å². The van der Waals surface area contributed by atoms with Gasteiger partial charge in [-0.25, -0.2) is 9.96 Å². The lowest BCUT2D eigenvalue weighted by Crippen LogP contribution is -2.37. The number of fused-ring (bicyclic) bond motifs is 1. The van der Waals surface area contributed by atoms with Crippen LogP contribution in [-0.2, 0) is 14.4 Å². The van der Waals surface area contributed by atoms with Crippen LogP contribution in [0.4, 0.5) is 11.4 Å². The Morgan fingerprint density at radius 3 is 2.24 bits per heavy atom. The number of anilines is 2. The number of hydrogen-bond acceptors (Lipinski definition) is 6. The summed E-state index contributed by atoms with van der Waals surface area (Å²) in [6.45, 7) is 2.63. The van der Waals surface area contributed by atoms with E-state index in [2.05, 4.69) is 0 Å². The first-order valence-electron chi connectivity index (χ1n) is 11.0. The van der Waals surface area contributed by atoms with Gasteiger partial charge in [0.1, 0.15) is 17.4 Å². The molecule has 2 heterocycles. The predicted octanol–water partition coefficient (Wildman–Crippen LogP) is 4.23. The Morgan fingerprint density at radius 2 is 1.58 bits per heavy atom. The van der Waals surface area contributed by atoms with Gasteiger partial charge in [0.05, 0.1) is 24.0 Å². The van der Waals surface area contributed by atoms with E-state index in [-0.39, 0.29) is 11.7 Å². The lowest BCUT2D eigenvalue weighted by molar-refractivity contribution is -0.126. The van der Waals surface area contributed by atoms with Gasteiger partial charge in [-0.1, -0.05) is 37.3 Å². The van der Waals surface area contributed by atoms with Crippen LogP contribution in [0.2, 0.25) is 0 Å². The van der Waals surface area contributed by atoms with Crippen LogP contribution in [0.15, 0.2) is 78.9 Å². The highest BCUT2D eigenvalue weighted by atomic mass is 16.7. The Morgan fingerprint density at radius 1 is 0.879 bits per heavy atom. The molecule has 1 N–H and O–H groups in total. The van der Waals surface area contributed by atoms with Crippen molar-refractivity contribution < 1.29 is 24.3 Å². The lowest BCUT2D eigenvalue weighted by atomic mass is 9.90. The summed E-state index contributed by atoms with van der Waals surface area (Å²) in [5, 5.41) is 11.4. The third kappa shape index (κ3) is 3.70. The minimum Gasteiger partial charge on any atom is -0.508 e. The number of carbonyl (C=O) groups is 2. The zero-order valence-electron chi connectivity index (χ0n) is 18.1. The van der Waals surface area contributed by atoms with E-state index >= 15 is 0 Å². The molecule has 0 aromatic heterocycles. The summed E-state index contributed by atoms with van der Waals surface area (Å²) in [6, 6.07) is 22.4. The Hall–Kier alpha value is -3.84. The number of para-hydroxylation sites is 1. The molecule has 0 unspecified atom stereocenters. The van der Waals surface area contributed by atoms with Gasteiger partial charge in [-0.05, 0) is 60.5 Å². The standard InChI is InChI=1S/C26H24N2O5/c1-2-16-32-21-14-10-18(11-15-21)27-25(30)22-23(17-8-12-20(29)13-9-17)28(33-24(22)26(27)31)19-6-4-3-5-7-19/h3-15,22-24,29H,2,16H2,1H3/t22-,23-,24-/m1/s1. The van der Waals surface area contributed by atoms with Crippen LogP contribution >= 0.6 is 0 Å². The van der Waals surface area contributed by atoms with Crippen LogP contribution in [0.1, 0.15) is 24.9 Å². The highest BCUT2D eigenvalue weighted by molar-refractivity contribution is 6.23. The zero-order valence-corrected chi connectivity index (χ0v) is 18.1. The van der Waals surface area contributed by atoms with E-state index in [4.69, 9.17) is 9.57 Å². The molecule has 0 bridgehead atoms. The van der Waals surface area contributed by atoms with Crippen LogP contribution in [0, 0.1) is 5.92 Å². The van der Waals surface area contributed by atoms with Gasteiger partial charge in [0, 0.05) is 0 Å². The maximum atomic E-state index is 13.6. The van der Waals surface area contributed by atoms with Gasteiger partial charge in [0.25, 0.3) is 5.91 Å². The number of imide groups is 1. The summed E-state index contributed by atoms with van der Waals surface area (Å²) in [7, 11) is 0. The van der Waals surface area contributed by atoms with Crippen molar-refractivity contribution in [2.45, 2.75) is 25.5 Å². The summed E-state index contributed by atoms with van der Waals surface area (Å²) in [5.74, 6) is -0.619. The molecule has 2 aliphatic rings. The second-order valence-corrected chi connectivity index (χ2v) is 8.10. The Bertz CT molecular complexity index is 1150. The van der Waals surface area contributed by atoms with Crippen molar-refractivity contribution in [1.29, 1.82) is 0 Å². The molecule has 7 nitrogen and oxygen atoms in total. The fraction of sp³-hybridized carbons (Fsp3) is 0.231. The highest BCUT2D eigenvalue weighted by Gasteiger charge is 2.60. The van der Waals surface area contributed by atoms with Gasteiger partial charge in [-0.3, -0.25) is 14.4 Å². The molecule has 0 saturated carbocycles. The number of phenolic OH excluding ortho intramolecular Hbond substituents is 1. The van der Waals surface area contributed by atoms with Crippen LogP contribution in [0.3, 0.4) is 0 Å². The fourth-order valence-electron chi connectivity index (χ4n) is 4.39. The summed E-state index contributed by atoms with van der Waals surface area (Å²) in [5.41, 5.74) is 2.01. The van der Waals surface area contributed by atoms with E-state index in [1.807, 2.05) is 37.3 Å². The lowest BCUT2D eigenvalue weighted by Gasteiger charge is -2.28. The SMILES string of the molecule is CCCOc1ccc(N2C(=O)[C@@H]3[C@@H](c4ccc(O)cc4)N(c4ccccc4)O[C@H]3C2=O)cc1. The first kappa shape index (κ1) is 21.0. The summed E-state index contributed by atoms with van der Waals surface area (Å²) >= 11 is 0. The number of nitrogens with zero attached hydrogens (tertiary/aromatic N) is 2. The topological polar surface area (TPSA) is 79.3 Å². The van der Waals surface area contributed by atoms with Crippen molar-refractivity contribution in [3.8, 4) is 11.5 Å². The van der Waals surface area contributed by atoms with Crippen LogP contribution < -0.4 is 14.7 Å². The quantitative estimate of drug-likeness (QED) is 0.573. The number of amides is 2. The number of aromatic hydroxyl groups is 1. The molecule has 5 rings (SSSR count). The van der Waals surface area contributed by atoms with Crippen LogP contribution in [-0.4, -0.2) is 29.6 Å². The van der Waals surface area contributed by atoms with Crippen molar-refractivity contribution >= 4 is 23.2 Å². The number of hydrogen-bond donors (Lipinski definition) is 1. The van der Waals surface area contributed by atoms with Gasteiger partial charge < -0.3 is 9.84 Å². The Labute approximate surface area is 191 Å². The van der Waals surface area contributed by atoms with E-state index in [1.54, 1.807) is 53.6 Å². The number of benzene rings is 3. The maximum absolute atomic E-state index is 13.6. The molecule has 168 valence electrons. The smallest absolute Gasteiger partial charge is 0.266 e. The molecule has 7 heteroatoms. The van der Waals surface area contributed by atoms with Crippen molar-refractivity contribution in [1.82, 2.24) is 0 Å². The van der Waals surface area contributed by atoms with Gasteiger partial charge in [-0.15, -0.1) is 0 Å². The average Bonchev–Trinajstić information content (AvgIpc) is 3.35. The van der Waals surface area contributed by atoms with Gasteiger partial charge in [0.15, 0.2) is 6.10 Å². The molecular formula is C26H24N2O5. The number of carbonyl (C=O) groups excluding carboxylic acids is 2. The van der Waals surface area contributed by atoms with E-state index in [1.165, 1.54) is 4.90 Å². The van der Waals surface area contributed by atoms with E-state index in [9.17, 15) is 14.7 Å². The second kappa shape index (κ2) is 8.60. The maximum Gasteiger partial charge on any atom is 0.266 e. The second-order valence-electron chi connectivity index (χ2n) is 8.10. The summed E-state index contributed by atoms with van der Waals surface area (Å²) in [6.07, 6.45) is -0.0465. The molecule has 3 atom stereocenters. The monoisotopic (exact) mass is 444 g/mol. The van der Waals surface area contributed by atoms with E-state index in [0.29, 0.717) is 18.0 Å². The van der Waals surface area contributed by atoms with Gasteiger partial charge in [-0.2, -0.15) is 0 Å². The van der Waals surface area contributed by atoms with Crippen molar-refractivity contribution in [2.24, 2.45) is 5.92 Å². The van der Waals surface area contributed by atoms with Crippen LogP contribution in [0.25, 0.3) is 0 Å². The first-order chi connectivity index (χ1) is 16.1. The van der Waals surface area contributed by atoms with Crippen LogP contribution in [0.5, 0.6) is 11.5 Å².